The second-order valence-electron chi connectivity index (χ2n) is 5.97. The first kappa shape index (κ1) is 15.6. The van der Waals surface area contributed by atoms with E-state index in [1.807, 2.05) is 18.3 Å². The van der Waals surface area contributed by atoms with Crippen molar-refractivity contribution in [1.82, 2.24) is 4.98 Å². The number of hydrogen-bond donors (Lipinski definition) is 0. The maximum atomic E-state index is 13.3. The van der Waals surface area contributed by atoms with Gasteiger partial charge in [0, 0.05) is 24.6 Å². The Kier molecular flexibility index (Phi) is 4.39. The van der Waals surface area contributed by atoms with Crippen molar-refractivity contribution in [2.75, 3.05) is 13.7 Å². The van der Waals surface area contributed by atoms with Crippen LogP contribution in [-0.4, -0.2) is 18.7 Å². The molecule has 0 aliphatic rings. The Morgan fingerprint density at radius 3 is 2.57 bits per heavy atom. The predicted octanol–water partition coefficient (Wildman–Crippen LogP) is 5.10. The Labute approximate surface area is 135 Å². The lowest BCUT2D eigenvalue weighted by Gasteiger charge is -2.18. The van der Waals surface area contributed by atoms with Crippen LogP contribution in [0.5, 0.6) is 0 Å². The number of benzene rings is 2. The molecule has 0 aliphatic heterocycles. The average Bonchev–Trinajstić information content (AvgIpc) is 2.54. The molecule has 3 rings (SSSR count). The highest BCUT2D eigenvalue weighted by atomic mass is 19.1. The van der Waals surface area contributed by atoms with Gasteiger partial charge in [-0.1, -0.05) is 31.2 Å². The summed E-state index contributed by atoms with van der Waals surface area (Å²) < 4.78 is 18.6. The van der Waals surface area contributed by atoms with E-state index in [0.29, 0.717) is 6.61 Å². The SMILES string of the molecule is COCC(C)c1cnc2cc(C)ccc2c1-c1ccc(F)cc1. The summed E-state index contributed by atoms with van der Waals surface area (Å²) in [5.74, 6) is -0.0206. The number of ether oxygens (including phenoxy) is 1. The van der Waals surface area contributed by atoms with Gasteiger partial charge in [0.05, 0.1) is 12.1 Å². The number of rotatable bonds is 4. The Morgan fingerprint density at radius 2 is 1.87 bits per heavy atom. The molecule has 0 N–H and O–H groups in total. The smallest absolute Gasteiger partial charge is 0.123 e. The third-order valence-corrected chi connectivity index (χ3v) is 4.13. The van der Waals surface area contributed by atoms with Crippen LogP contribution in [0.4, 0.5) is 4.39 Å². The third-order valence-electron chi connectivity index (χ3n) is 4.13. The van der Waals surface area contributed by atoms with E-state index in [-0.39, 0.29) is 11.7 Å². The molecule has 0 saturated heterocycles. The molecule has 0 bridgehead atoms. The number of fused-ring (bicyclic) bond motifs is 1. The summed E-state index contributed by atoms with van der Waals surface area (Å²) in [6, 6.07) is 12.9. The molecule has 0 amide bonds. The van der Waals surface area contributed by atoms with Crippen molar-refractivity contribution >= 4 is 10.9 Å². The average molecular weight is 309 g/mol. The number of aryl methyl sites for hydroxylation is 1. The molecule has 1 heterocycles. The molecule has 0 aliphatic carbocycles. The fourth-order valence-corrected chi connectivity index (χ4v) is 2.97. The van der Waals surface area contributed by atoms with E-state index in [1.165, 1.54) is 17.7 Å². The first-order chi connectivity index (χ1) is 11.1. The molecule has 2 aromatic carbocycles. The number of pyridine rings is 1. The van der Waals surface area contributed by atoms with Crippen LogP contribution in [0.25, 0.3) is 22.0 Å². The van der Waals surface area contributed by atoms with Crippen LogP contribution in [0.15, 0.2) is 48.7 Å². The van der Waals surface area contributed by atoms with Crippen molar-refractivity contribution in [2.24, 2.45) is 0 Å². The van der Waals surface area contributed by atoms with Gasteiger partial charge in [-0.25, -0.2) is 4.39 Å². The van der Waals surface area contributed by atoms with Gasteiger partial charge in [0.15, 0.2) is 0 Å². The highest BCUT2D eigenvalue weighted by Crippen LogP contribution is 2.35. The van der Waals surface area contributed by atoms with Crippen molar-refractivity contribution in [3.8, 4) is 11.1 Å². The monoisotopic (exact) mass is 309 g/mol. The van der Waals surface area contributed by atoms with Gasteiger partial charge in [-0.3, -0.25) is 4.98 Å². The molecule has 118 valence electrons. The highest BCUT2D eigenvalue weighted by Gasteiger charge is 2.16. The number of aromatic nitrogens is 1. The zero-order valence-corrected chi connectivity index (χ0v) is 13.6. The van der Waals surface area contributed by atoms with E-state index in [2.05, 4.69) is 37.0 Å². The van der Waals surface area contributed by atoms with Crippen LogP contribution in [0.1, 0.15) is 24.0 Å². The molecular weight excluding hydrogens is 289 g/mol. The van der Waals surface area contributed by atoms with Crippen molar-refractivity contribution < 1.29 is 9.13 Å². The topological polar surface area (TPSA) is 22.1 Å². The second kappa shape index (κ2) is 6.47. The molecule has 1 atom stereocenters. The van der Waals surface area contributed by atoms with E-state index in [1.54, 1.807) is 7.11 Å². The van der Waals surface area contributed by atoms with Crippen LogP contribution in [-0.2, 0) is 4.74 Å². The molecule has 1 unspecified atom stereocenters. The Bertz CT molecular complexity index is 827. The maximum absolute atomic E-state index is 13.3. The highest BCUT2D eigenvalue weighted by molar-refractivity contribution is 5.96. The minimum atomic E-state index is -0.227. The van der Waals surface area contributed by atoms with Gasteiger partial charge in [-0.05, 0) is 47.4 Å². The van der Waals surface area contributed by atoms with Crippen LogP contribution in [0.3, 0.4) is 0 Å². The van der Waals surface area contributed by atoms with Crippen LogP contribution in [0.2, 0.25) is 0 Å². The fraction of sp³-hybridized carbons (Fsp3) is 0.250. The molecular formula is C20H20FNO. The van der Waals surface area contributed by atoms with Gasteiger partial charge < -0.3 is 4.74 Å². The standard InChI is InChI=1S/C20H20FNO/c1-13-4-9-17-19(10-13)22-11-18(14(2)12-23-3)20(17)15-5-7-16(21)8-6-15/h4-11,14H,12H2,1-3H3. The predicted molar refractivity (Wildman–Crippen MR) is 92.2 cm³/mol. The van der Waals surface area contributed by atoms with Crippen molar-refractivity contribution in [3.63, 3.8) is 0 Å². The van der Waals surface area contributed by atoms with Crippen LogP contribution >= 0.6 is 0 Å². The van der Waals surface area contributed by atoms with Crippen molar-refractivity contribution in [1.29, 1.82) is 0 Å². The molecule has 3 heteroatoms. The van der Waals surface area contributed by atoms with Crippen molar-refractivity contribution in [2.45, 2.75) is 19.8 Å². The second-order valence-corrected chi connectivity index (χ2v) is 5.97. The van der Waals surface area contributed by atoms with Crippen LogP contribution in [0, 0.1) is 12.7 Å². The first-order valence-corrected chi connectivity index (χ1v) is 7.74. The summed E-state index contributed by atoms with van der Waals surface area (Å²) in [5.41, 5.74) is 5.36. The van der Waals surface area contributed by atoms with Gasteiger partial charge >= 0.3 is 0 Å². The number of hydrogen-bond acceptors (Lipinski definition) is 2. The third kappa shape index (κ3) is 3.10. The lowest BCUT2D eigenvalue weighted by atomic mass is 9.90. The lowest BCUT2D eigenvalue weighted by Crippen LogP contribution is -2.05. The number of halogens is 1. The molecule has 0 spiro atoms. The van der Waals surface area contributed by atoms with E-state index in [4.69, 9.17) is 4.74 Å². The molecule has 2 nitrogen and oxygen atoms in total. The van der Waals surface area contributed by atoms with Gasteiger partial charge in [-0.15, -0.1) is 0 Å². The summed E-state index contributed by atoms with van der Waals surface area (Å²) in [6.45, 7) is 4.79. The Hall–Kier alpha value is -2.26. The quantitative estimate of drug-likeness (QED) is 0.669. The lowest BCUT2D eigenvalue weighted by molar-refractivity contribution is 0.184. The summed E-state index contributed by atoms with van der Waals surface area (Å²) in [7, 11) is 1.70. The van der Waals surface area contributed by atoms with E-state index in [9.17, 15) is 4.39 Å². The van der Waals surface area contributed by atoms with E-state index < -0.39 is 0 Å². The normalized spacial score (nSPS) is 12.5. The zero-order valence-electron chi connectivity index (χ0n) is 13.6. The summed E-state index contributed by atoms with van der Waals surface area (Å²) in [6.07, 6.45) is 1.92. The molecule has 0 saturated carbocycles. The van der Waals surface area contributed by atoms with Crippen molar-refractivity contribution in [3.05, 3.63) is 65.6 Å². The number of nitrogens with zero attached hydrogens (tertiary/aromatic N) is 1. The zero-order chi connectivity index (χ0) is 16.4. The molecule has 3 aromatic rings. The van der Waals surface area contributed by atoms with Gasteiger partial charge in [0.25, 0.3) is 0 Å². The van der Waals surface area contributed by atoms with Gasteiger partial charge in [0.1, 0.15) is 5.82 Å². The molecule has 0 radical (unpaired) electrons. The fourth-order valence-electron chi connectivity index (χ4n) is 2.97. The largest absolute Gasteiger partial charge is 0.384 e. The Balaban J connectivity index is 2.28. The summed E-state index contributed by atoms with van der Waals surface area (Å²) >= 11 is 0. The molecule has 23 heavy (non-hydrogen) atoms. The first-order valence-electron chi connectivity index (χ1n) is 7.74. The van der Waals surface area contributed by atoms with Gasteiger partial charge in [-0.2, -0.15) is 0 Å². The summed E-state index contributed by atoms with van der Waals surface area (Å²) in [4.78, 5) is 4.62. The Morgan fingerprint density at radius 1 is 1.13 bits per heavy atom. The molecule has 0 fully saturated rings. The maximum Gasteiger partial charge on any atom is 0.123 e. The minimum absolute atomic E-state index is 0.207. The van der Waals surface area contributed by atoms with E-state index in [0.717, 1.165) is 27.6 Å². The van der Waals surface area contributed by atoms with Crippen LogP contribution < -0.4 is 0 Å². The minimum Gasteiger partial charge on any atom is -0.384 e. The van der Waals surface area contributed by atoms with Gasteiger partial charge in [0.2, 0.25) is 0 Å². The van der Waals surface area contributed by atoms with E-state index >= 15 is 0 Å². The number of methoxy groups -OCH3 is 1. The molecule has 1 aromatic heterocycles. The summed E-state index contributed by atoms with van der Waals surface area (Å²) in [5, 5.41) is 1.09.